The van der Waals surface area contributed by atoms with Crippen molar-refractivity contribution in [1.29, 1.82) is 0 Å². The molecule has 0 radical (unpaired) electrons. The normalized spacial score (nSPS) is 27.9. The van der Waals surface area contributed by atoms with E-state index in [0.717, 1.165) is 6.04 Å². The Morgan fingerprint density at radius 3 is 2.47 bits per heavy atom. The highest BCUT2D eigenvalue weighted by molar-refractivity contribution is 5.36. The lowest BCUT2D eigenvalue weighted by Gasteiger charge is -2.23. The van der Waals surface area contributed by atoms with Gasteiger partial charge in [0.1, 0.15) is 0 Å². The zero-order chi connectivity index (χ0) is 10.3. The molecule has 1 aliphatic heterocycles. The van der Waals surface area contributed by atoms with Crippen molar-refractivity contribution in [2.45, 2.75) is 44.1 Å². The van der Waals surface area contributed by atoms with Crippen molar-refractivity contribution in [2.75, 3.05) is 6.54 Å². The highest BCUT2D eigenvalue weighted by atomic mass is 15.0. The molecular weight excluding hydrogens is 182 g/mol. The third-order valence-corrected chi connectivity index (χ3v) is 4.14. The Bertz CT molecular complexity index is 342. The molecule has 1 heterocycles. The van der Waals surface area contributed by atoms with Crippen LogP contribution >= 0.6 is 0 Å². The van der Waals surface area contributed by atoms with E-state index >= 15 is 0 Å². The molecule has 15 heavy (non-hydrogen) atoms. The van der Waals surface area contributed by atoms with Crippen LogP contribution < -0.4 is 5.32 Å². The summed E-state index contributed by atoms with van der Waals surface area (Å²) in [6, 6.07) is 9.93. The molecule has 2 aliphatic rings. The van der Waals surface area contributed by atoms with Crippen molar-refractivity contribution in [1.82, 2.24) is 5.32 Å². The van der Waals surface area contributed by atoms with Gasteiger partial charge in [0.25, 0.3) is 0 Å². The van der Waals surface area contributed by atoms with Gasteiger partial charge in [0, 0.05) is 11.5 Å². The molecular formula is C14H19N. The number of hydrogen-bond donors (Lipinski definition) is 1. The van der Waals surface area contributed by atoms with Gasteiger partial charge in [-0.15, -0.1) is 0 Å². The number of hydrogen-bond acceptors (Lipinski definition) is 1. The van der Waals surface area contributed by atoms with Gasteiger partial charge in [-0.25, -0.2) is 0 Å². The average molecular weight is 201 g/mol. The first-order valence-corrected chi connectivity index (χ1v) is 6.12. The van der Waals surface area contributed by atoms with E-state index in [1.807, 2.05) is 0 Å². The van der Waals surface area contributed by atoms with E-state index in [1.165, 1.54) is 37.8 Å². The molecule has 1 N–H and O–H groups in total. The lowest BCUT2D eigenvalue weighted by Crippen LogP contribution is -2.34. The maximum absolute atomic E-state index is 3.67. The summed E-state index contributed by atoms with van der Waals surface area (Å²) in [7, 11) is 0. The summed E-state index contributed by atoms with van der Waals surface area (Å²) in [6.07, 6.45) is 5.49. The van der Waals surface area contributed by atoms with Gasteiger partial charge in [-0.1, -0.05) is 29.8 Å². The van der Waals surface area contributed by atoms with Crippen molar-refractivity contribution in [3.63, 3.8) is 0 Å². The maximum Gasteiger partial charge on any atom is 0.0164 e. The molecule has 2 fully saturated rings. The fraction of sp³-hybridized carbons (Fsp3) is 0.571. The molecule has 80 valence electrons. The van der Waals surface area contributed by atoms with Gasteiger partial charge in [-0.05, 0) is 44.7 Å². The number of benzene rings is 1. The molecule has 0 aromatic heterocycles. The maximum atomic E-state index is 3.67. The van der Waals surface area contributed by atoms with Crippen molar-refractivity contribution in [2.24, 2.45) is 0 Å². The summed E-state index contributed by atoms with van der Waals surface area (Å²) in [4.78, 5) is 0. The highest BCUT2D eigenvalue weighted by Crippen LogP contribution is 2.52. The standard InChI is InChI=1S/C14H19N/c1-11-4-6-12(7-5-11)14(8-9-14)13-3-2-10-15-13/h4-7,13,15H,2-3,8-10H2,1H3. The van der Waals surface area contributed by atoms with Crippen molar-refractivity contribution < 1.29 is 0 Å². The number of rotatable bonds is 2. The minimum atomic E-state index is 0.504. The van der Waals surface area contributed by atoms with Crippen molar-refractivity contribution in [3.8, 4) is 0 Å². The Morgan fingerprint density at radius 2 is 1.93 bits per heavy atom. The topological polar surface area (TPSA) is 12.0 Å². The predicted octanol–water partition coefficient (Wildman–Crippen LogP) is 2.78. The van der Waals surface area contributed by atoms with E-state index in [0.29, 0.717) is 5.41 Å². The summed E-state index contributed by atoms with van der Waals surface area (Å²) in [5, 5.41) is 3.67. The van der Waals surface area contributed by atoms with Crippen LogP contribution in [0.25, 0.3) is 0 Å². The summed E-state index contributed by atoms with van der Waals surface area (Å²) in [5.74, 6) is 0. The molecule has 1 nitrogen and oxygen atoms in total. The lowest BCUT2D eigenvalue weighted by atomic mass is 9.87. The van der Waals surface area contributed by atoms with Gasteiger partial charge >= 0.3 is 0 Å². The van der Waals surface area contributed by atoms with Gasteiger partial charge < -0.3 is 5.32 Å². The van der Waals surface area contributed by atoms with Crippen LogP contribution in [0, 0.1) is 6.92 Å². The molecule has 1 atom stereocenters. The first kappa shape index (κ1) is 9.41. The third kappa shape index (κ3) is 1.50. The number of aryl methyl sites for hydroxylation is 1. The minimum Gasteiger partial charge on any atom is -0.313 e. The molecule has 3 rings (SSSR count). The Hall–Kier alpha value is -0.820. The lowest BCUT2D eigenvalue weighted by molar-refractivity contribution is 0.473. The zero-order valence-corrected chi connectivity index (χ0v) is 9.42. The Labute approximate surface area is 91.9 Å². The van der Waals surface area contributed by atoms with Gasteiger partial charge in [0.15, 0.2) is 0 Å². The Balaban J connectivity index is 1.89. The summed E-state index contributed by atoms with van der Waals surface area (Å²) in [6.45, 7) is 3.38. The molecule has 0 spiro atoms. The fourth-order valence-electron chi connectivity index (χ4n) is 3.01. The van der Waals surface area contributed by atoms with E-state index in [-0.39, 0.29) is 0 Å². The van der Waals surface area contributed by atoms with E-state index in [2.05, 4.69) is 36.5 Å². The van der Waals surface area contributed by atoms with Crippen LogP contribution in [-0.2, 0) is 5.41 Å². The second-order valence-electron chi connectivity index (χ2n) is 5.17. The van der Waals surface area contributed by atoms with Crippen LogP contribution in [-0.4, -0.2) is 12.6 Å². The van der Waals surface area contributed by atoms with Crippen LogP contribution in [0.15, 0.2) is 24.3 Å². The van der Waals surface area contributed by atoms with E-state index < -0.39 is 0 Å². The molecule has 1 unspecified atom stereocenters. The van der Waals surface area contributed by atoms with Gasteiger partial charge in [0.2, 0.25) is 0 Å². The van der Waals surface area contributed by atoms with Gasteiger partial charge in [0.05, 0.1) is 0 Å². The molecule has 0 amide bonds. The quantitative estimate of drug-likeness (QED) is 0.776. The molecule has 1 aromatic carbocycles. The van der Waals surface area contributed by atoms with E-state index in [9.17, 15) is 0 Å². The minimum absolute atomic E-state index is 0.504. The third-order valence-electron chi connectivity index (χ3n) is 4.14. The van der Waals surface area contributed by atoms with Gasteiger partial charge in [-0.2, -0.15) is 0 Å². The fourth-order valence-corrected chi connectivity index (χ4v) is 3.01. The second-order valence-corrected chi connectivity index (χ2v) is 5.17. The first-order valence-electron chi connectivity index (χ1n) is 6.12. The first-order chi connectivity index (χ1) is 7.31. The zero-order valence-electron chi connectivity index (χ0n) is 9.42. The summed E-state index contributed by atoms with van der Waals surface area (Å²) < 4.78 is 0. The largest absolute Gasteiger partial charge is 0.313 e. The molecule has 1 saturated heterocycles. The Morgan fingerprint density at radius 1 is 1.20 bits per heavy atom. The monoisotopic (exact) mass is 201 g/mol. The van der Waals surface area contributed by atoms with Crippen molar-refractivity contribution >= 4 is 0 Å². The SMILES string of the molecule is Cc1ccc(C2(C3CCCN3)CC2)cc1. The van der Waals surface area contributed by atoms with E-state index in [1.54, 1.807) is 5.56 Å². The smallest absolute Gasteiger partial charge is 0.0164 e. The molecule has 1 aliphatic carbocycles. The summed E-state index contributed by atoms with van der Waals surface area (Å²) >= 11 is 0. The molecule has 1 aromatic rings. The van der Waals surface area contributed by atoms with Crippen LogP contribution in [0.2, 0.25) is 0 Å². The molecule has 1 saturated carbocycles. The molecule has 0 bridgehead atoms. The predicted molar refractivity (Wildman–Crippen MR) is 63.1 cm³/mol. The average Bonchev–Trinajstić information content (AvgIpc) is 2.88. The second kappa shape index (κ2) is 3.34. The summed E-state index contributed by atoms with van der Waals surface area (Å²) in [5.41, 5.74) is 3.44. The van der Waals surface area contributed by atoms with Crippen LogP contribution in [0.4, 0.5) is 0 Å². The Kier molecular flexibility index (Phi) is 2.10. The molecule has 1 heteroatoms. The van der Waals surface area contributed by atoms with Crippen LogP contribution in [0.3, 0.4) is 0 Å². The highest BCUT2D eigenvalue weighted by Gasteiger charge is 2.50. The van der Waals surface area contributed by atoms with E-state index in [4.69, 9.17) is 0 Å². The van der Waals surface area contributed by atoms with Crippen LogP contribution in [0.1, 0.15) is 36.8 Å². The van der Waals surface area contributed by atoms with Gasteiger partial charge in [-0.3, -0.25) is 0 Å². The van der Waals surface area contributed by atoms with Crippen molar-refractivity contribution in [3.05, 3.63) is 35.4 Å². The number of nitrogens with one attached hydrogen (secondary N) is 1. The van der Waals surface area contributed by atoms with Crippen LogP contribution in [0.5, 0.6) is 0 Å².